The highest BCUT2D eigenvalue weighted by Crippen LogP contribution is 2.27. The predicted molar refractivity (Wildman–Crippen MR) is 128 cm³/mol. The molecule has 0 radical (unpaired) electrons. The lowest BCUT2D eigenvalue weighted by Gasteiger charge is -2.36. The van der Waals surface area contributed by atoms with Crippen molar-refractivity contribution in [3.05, 3.63) is 59.7 Å². The summed E-state index contributed by atoms with van der Waals surface area (Å²) in [5.74, 6) is -3.16. The number of piperidine rings is 1. The fourth-order valence-electron chi connectivity index (χ4n) is 3.94. The topological polar surface area (TPSA) is 113 Å². The molecule has 0 aliphatic carbocycles. The molecule has 3 rings (SSSR count). The smallest absolute Gasteiger partial charge is 0.335 e. The molecule has 0 aromatic heterocycles. The van der Waals surface area contributed by atoms with Crippen LogP contribution in [0.4, 0.5) is 13.2 Å². The molecule has 0 spiro atoms. The van der Waals surface area contributed by atoms with E-state index in [1.165, 1.54) is 0 Å². The molecule has 1 saturated heterocycles. The molecule has 1 heterocycles. The molecule has 2 aromatic rings. The van der Waals surface area contributed by atoms with E-state index in [1.54, 1.807) is 13.8 Å². The van der Waals surface area contributed by atoms with E-state index in [1.807, 2.05) is 0 Å². The van der Waals surface area contributed by atoms with E-state index >= 15 is 0 Å². The van der Waals surface area contributed by atoms with Gasteiger partial charge in [0.25, 0.3) is 0 Å². The number of nitrogens with zero attached hydrogens (tertiary/aromatic N) is 1. The first-order chi connectivity index (χ1) is 17.3. The zero-order chi connectivity index (χ0) is 27.4. The van der Waals surface area contributed by atoms with E-state index in [4.69, 9.17) is 9.84 Å². The lowest BCUT2D eigenvalue weighted by molar-refractivity contribution is -0.131. The highest BCUT2D eigenvalue weighted by molar-refractivity contribution is 7.89. The minimum absolute atomic E-state index is 0.0259. The van der Waals surface area contributed by atoms with Crippen molar-refractivity contribution < 1.29 is 41.0 Å². The summed E-state index contributed by atoms with van der Waals surface area (Å²) in [6.45, 7) is 2.90. The van der Waals surface area contributed by atoms with Gasteiger partial charge in [-0.15, -0.1) is 0 Å². The molecule has 1 aliphatic heterocycles. The highest BCUT2D eigenvalue weighted by Gasteiger charge is 2.38. The van der Waals surface area contributed by atoms with E-state index in [-0.39, 0.29) is 35.8 Å². The Balaban J connectivity index is 1.51. The lowest BCUT2D eigenvalue weighted by Crippen LogP contribution is -2.55. The molecule has 8 nitrogen and oxygen atoms in total. The number of sulfonamides is 1. The van der Waals surface area contributed by atoms with Crippen LogP contribution >= 0.6 is 0 Å². The third-order valence-electron chi connectivity index (χ3n) is 6.27. The molecule has 2 atom stereocenters. The number of ether oxygens (including phenoxy) is 1. The first-order valence-electron chi connectivity index (χ1n) is 11.7. The minimum Gasteiger partial charge on any atom is -0.490 e. The third-order valence-corrected chi connectivity index (χ3v) is 8.15. The molecule has 202 valence electrons. The molecule has 12 heteroatoms. The summed E-state index contributed by atoms with van der Waals surface area (Å²) in [5, 5.41) is 11.6. The fourth-order valence-corrected chi connectivity index (χ4v) is 5.40. The zero-order valence-corrected chi connectivity index (χ0v) is 21.2. The normalized spacial score (nSPS) is 18.8. The summed E-state index contributed by atoms with van der Waals surface area (Å²) >= 11 is 0. The number of aromatic carboxylic acids is 1. The molecular weight excluding hydrogens is 513 g/mol. The van der Waals surface area contributed by atoms with Gasteiger partial charge in [0.1, 0.15) is 12.0 Å². The summed E-state index contributed by atoms with van der Waals surface area (Å²) in [5.41, 5.74) is -0.988. The molecule has 0 saturated carbocycles. The Morgan fingerprint density at radius 1 is 1.16 bits per heavy atom. The Bertz CT molecular complexity index is 1240. The van der Waals surface area contributed by atoms with Crippen LogP contribution in [0.25, 0.3) is 0 Å². The van der Waals surface area contributed by atoms with E-state index < -0.39 is 57.7 Å². The van der Waals surface area contributed by atoms with E-state index in [9.17, 15) is 31.2 Å². The molecule has 0 bridgehead atoms. The summed E-state index contributed by atoms with van der Waals surface area (Å²) in [6, 6.07) is 6.64. The van der Waals surface area contributed by atoms with Crippen molar-refractivity contribution in [2.24, 2.45) is 5.41 Å². The van der Waals surface area contributed by atoms with Gasteiger partial charge in [0, 0.05) is 24.6 Å². The maximum absolute atomic E-state index is 14.9. The number of carboxylic acids is 1. The van der Waals surface area contributed by atoms with Crippen LogP contribution in [0, 0.1) is 17.0 Å². The van der Waals surface area contributed by atoms with Crippen LogP contribution < -0.4 is 10.1 Å². The van der Waals surface area contributed by atoms with Gasteiger partial charge in [0.2, 0.25) is 15.9 Å². The van der Waals surface area contributed by atoms with Gasteiger partial charge in [-0.2, -0.15) is 4.31 Å². The molecule has 1 fully saturated rings. The number of nitrogens with one attached hydrogen (secondary N) is 1. The quantitative estimate of drug-likeness (QED) is 0.442. The number of hydrogen-bond acceptors (Lipinski definition) is 5. The first-order valence-corrected chi connectivity index (χ1v) is 13.1. The summed E-state index contributed by atoms with van der Waals surface area (Å²) < 4.78 is 73.8. The molecule has 1 amide bonds. The molecule has 1 aliphatic rings. The summed E-state index contributed by atoms with van der Waals surface area (Å²) in [4.78, 5) is 23.7. The van der Waals surface area contributed by atoms with Crippen LogP contribution in [0.1, 0.15) is 43.5 Å². The zero-order valence-electron chi connectivity index (χ0n) is 20.4. The fraction of sp³-hybridized carbons (Fsp3) is 0.440. The van der Waals surface area contributed by atoms with Crippen LogP contribution in [-0.4, -0.2) is 61.6 Å². The maximum Gasteiger partial charge on any atom is 0.335 e. The summed E-state index contributed by atoms with van der Waals surface area (Å²) in [6.07, 6.45) is -0.919. The molecule has 2 N–H and O–H groups in total. The van der Waals surface area contributed by atoms with Crippen LogP contribution in [0.2, 0.25) is 0 Å². The van der Waals surface area contributed by atoms with Crippen molar-refractivity contribution >= 4 is 21.9 Å². The number of carbonyl (C=O) groups excluding carboxylic acids is 1. The second kappa shape index (κ2) is 11.5. The third kappa shape index (κ3) is 7.01. The second-order valence-electron chi connectivity index (χ2n) is 9.49. The number of carboxylic acid groups (broad SMARTS) is 1. The Kier molecular flexibility index (Phi) is 8.85. The second-order valence-corrected chi connectivity index (χ2v) is 11.4. The van der Waals surface area contributed by atoms with Gasteiger partial charge < -0.3 is 15.2 Å². The van der Waals surface area contributed by atoms with Gasteiger partial charge >= 0.3 is 5.97 Å². The van der Waals surface area contributed by atoms with Crippen molar-refractivity contribution in [1.82, 2.24) is 9.62 Å². The van der Waals surface area contributed by atoms with Gasteiger partial charge in [-0.25, -0.2) is 26.4 Å². The van der Waals surface area contributed by atoms with E-state index in [2.05, 4.69) is 5.32 Å². The maximum atomic E-state index is 14.9. The SMILES string of the molecule is CC(C)(CCCOc1cc(F)ccc1F)C(=O)N[C@@H]1CCN(S(=O)(=O)c2ccc(C(=O)O)cc2)C[C@H]1F. The van der Waals surface area contributed by atoms with Crippen LogP contribution in [0.5, 0.6) is 5.75 Å². The van der Waals surface area contributed by atoms with E-state index in [0.717, 1.165) is 46.8 Å². The number of halogens is 3. The number of benzene rings is 2. The Morgan fingerprint density at radius 2 is 1.84 bits per heavy atom. The standard InChI is InChI=1S/C25H29F3N2O6S/c1-25(2,11-3-13-36-22-14-17(26)6-9-19(22)27)24(33)29-21-10-12-30(15-20(21)28)37(34,35)18-7-4-16(5-8-18)23(31)32/h4-9,14,20-21H,3,10-13,15H2,1-2H3,(H,29,33)(H,31,32)/t20-,21-/m1/s1. The average Bonchev–Trinajstić information content (AvgIpc) is 2.85. The van der Waals surface area contributed by atoms with Gasteiger partial charge in [-0.1, -0.05) is 13.8 Å². The number of alkyl halides is 1. The number of hydrogen-bond donors (Lipinski definition) is 2. The Hall–Kier alpha value is -3.12. The largest absolute Gasteiger partial charge is 0.490 e. The van der Waals surface area contributed by atoms with Crippen molar-refractivity contribution in [1.29, 1.82) is 0 Å². The van der Waals surface area contributed by atoms with Crippen molar-refractivity contribution in [2.75, 3.05) is 19.7 Å². The minimum atomic E-state index is -4.04. The van der Waals surface area contributed by atoms with Crippen LogP contribution in [0.3, 0.4) is 0 Å². The number of amides is 1. The highest BCUT2D eigenvalue weighted by atomic mass is 32.2. The van der Waals surface area contributed by atoms with Crippen LogP contribution in [0.15, 0.2) is 47.4 Å². The van der Waals surface area contributed by atoms with Gasteiger partial charge in [0.15, 0.2) is 11.6 Å². The monoisotopic (exact) mass is 542 g/mol. The van der Waals surface area contributed by atoms with Crippen molar-refractivity contribution in [3.63, 3.8) is 0 Å². The molecule has 37 heavy (non-hydrogen) atoms. The van der Waals surface area contributed by atoms with Gasteiger partial charge in [-0.05, 0) is 55.7 Å². The van der Waals surface area contributed by atoms with Crippen LogP contribution in [-0.2, 0) is 14.8 Å². The average molecular weight is 543 g/mol. The number of carbonyl (C=O) groups is 2. The van der Waals surface area contributed by atoms with Gasteiger partial charge in [-0.3, -0.25) is 4.79 Å². The molecule has 0 unspecified atom stereocenters. The van der Waals surface area contributed by atoms with E-state index in [0.29, 0.717) is 12.8 Å². The number of rotatable bonds is 10. The Morgan fingerprint density at radius 3 is 2.46 bits per heavy atom. The lowest BCUT2D eigenvalue weighted by atomic mass is 9.86. The van der Waals surface area contributed by atoms with Gasteiger partial charge in [0.05, 0.1) is 23.1 Å². The summed E-state index contributed by atoms with van der Waals surface area (Å²) in [7, 11) is -4.04. The van der Waals surface area contributed by atoms with Crippen molar-refractivity contribution in [2.45, 2.75) is 50.2 Å². The molecular formula is C25H29F3N2O6S. The Labute approximate surface area is 213 Å². The predicted octanol–water partition coefficient (Wildman–Crippen LogP) is 3.77. The molecule has 2 aromatic carbocycles. The van der Waals surface area contributed by atoms with Crippen molar-refractivity contribution in [3.8, 4) is 5.75 Å². The first kappa shape index (κ1) is 28.5.